The molecule has 7 heteroatoms. The van der Waals surface area contributed by atoms with Crippen molar-refractivity contribution in [3.05, 3.63) is 18.2 Å². The zero-order valence-corrected chi connectivity index (χ0v) is 9.28. The highest BCUT2D eigenvalue weighted by Gasteiger charge is 2.39. The number of β-amino-alcohol motifs (C(OH)–C–C–N with tert-alkyl or cyclic N) is 1. The van der Waals surface area contributed by atoms with Crippen molar-refractivity contribution >= 4 is 11.9 Å². The van der Waals surface area contributed by atoms with Crippen LogP contribution in [-0.4, -0.2) is 55.2 Å². The minimum atomic E-state index is -1.11. The monoisotopic (exact) mass is 239 g/mol. The number of aryl methyl sites for hydroxylation is 1. The Kier molecular flexibility index (Phi) is 2.84. The number of carbonyl (C=O) groups is 2. The highest BCUT2D eigenvalue weighted by molar-refractivity contribution is 5.95. The van der Waals surface area contributed by atoms with Crippen molar-refractivity contribution in [3.63, 3.8) is 0 Å². The molecule has 2 N–H and O–H groups in total. The van der Waals surface area contributed by atoms with Crippen LogP contribution in [-0.2, 0) is 11.8 Å². The molecule has 0 radical (unpaired) electrons. The second kappa shape index (κ2) is 4.17. The van der Waals surface area contributed by atoms with Crippen molar-refractivity contribution in [2.45, 2.75) is 18.6 Å². The molecule has 1 fully saturated rings. The highest BCUT2D eigenvalue weighted by atomic mass is 16.4. The van der Waals surface area contributed by atoms with E-state index in [0.29, 0.717) is 0 Å². The number of carbonyl (C=O) groups excluding carboxylic acids is 1. The van der Waals surface area contributed by atoms with Gasteiger partial charge in [-0.25, -0.2) is 9.78 Å². The molecule has 2 unspecified atom stereocenters. The summed E-state index contributed by atoms with van der Waals surface area (Å²) in [5.74, 6) is -1.57. The Balaban J connectivity index is 2.21. The lowest BCUT2D eigenvalue weighted by atomic mass is 10.2. The van der Waals surface area contributed by atoms with Crippen LogP contribution < -0.4 is 0 Å². The zero-order valence-electron chi connectivity index (χ0n) is 9.28. The number of aliphatic carboxylic acids is 1. The van der Waals surface area contributed by atoms with Crippen LogP contribution in [0.4, 0.5) is 0 Å². The maximum absolute atomic E-state index is 12.0. The van der Waals surface area contributed by atoms with E-state index in [0.717, 1.165) is 4.90 Å². The Morgan fingerprint density at radius 1 is 1.53 bits per heavy atom. The number of likely N-dealkylation sites (tertiary alicyclic amines) is 1. The molecule has 1 aliphatic heterocycles. The van der Waals surface area contributed by atoms with E-state index in [1.165, 1.54) is 12.5 Å². The third-order valence-corrected chi connectivity index (χ3v) is 2.75. The maximum atomic E-state index is 12.0. The summed E-state index contributed by atoms with van der Waals surface area (Å²) in [4.78, 5) is 28.0. The largest absolute Gasteiger partial charge is 0.480 e. The Morgan fingerprint density at radius 3 is 2.76 bits per heavy atom. The molecule has 1 amide bonds. The number of carboxylic acids is 1. The number of imidazole rings is 1. The third kappa shape index (κ3) is 2.14. The molecule has 1 saturated heterocycles. The molecule has 17 heavy (non-hydrogen) atoms. The van der Waals surface area contributed by atoms with Gasteiger partial charge in [0, 0.05) is 26.2 Å². The van der Waals surface area contributed by atoms with E-state index in [2.05, 4.69) is 4.98 Å². The van der Waals surface area contributed by atoms with E-state index < -0.39 is 24.0 Å². The Morgan fingerprint density at radius 2 is 2.24 bits per heavy atom. The van der Waals surface area contributed by atoms with Gasteiger partial charge in [-0.3, -0.25) is 4.79 Å². The Bertz CT molecular complexity index is 456. The van der Waals surface area contributed by atoms with Crippen LogP contribution in [0, 0.1) is 0 Å². The van der Waals surface area contributed by atoms with Gasteiger partial charge in [-0.1, -0.05) is 0 Å². The van der Waals surface area contributed by atoms with Crippen LogP contribution in [0.25, 0.3) is 0 Å². The summed E-state index contributed by atoms with van der Waals surface area (Å²) >= 11 is 0. The normalized spacial score (nSPS) is 24.0. The average Bonchev–Trinajstić information content (AvgIpc) is 2.83. The predicted molar refractivity (Wildman–Crippen MR) is 56.3 cm³/mol. The molecule has 1 aromatic heterocycles. The molecule has 1 aliphatic rings. The molecule has 1 aromatic rings. The van der Waals surface area contributed by atoms with Crippen molar-refractivity contribution in [1.82, 2.24) is 14.5 Å². The zero-order chi connectivity index (χ0) is 12.6. The number of amides is 1. The minimum Gasteiger partial charge on any atom is -0.480 e. The first kappa shape index (κ1) is 11.6. The highest BCUT2D eigenvalue weighted by Crippen LogP contribution is 2.20. The van der Waals surface area contributed by atoms with Crippen LogP contribution in [0.1, 0.15) is 16.9 Å². The van der Waals surface area contributed by atoms with Crippen molar-refractivity contribution in [2.75, 3.05) is 6.54 Å². The van der Waals surface area contributed by atoms with Gasteiger partial charge in [-0.05, 0) is 0 Å². The molecule has 0 bridgehead atoms. The Labute approximate surface area is 97.3 Å². The fraction of sp³-hybridized carbons (Fsp3) is 0.500. The first-order valence-electron chi connectivity index (χ1n) is 5.19. The van der Waals surface area contributed by atoms with Gasteiger partial charge in [-0.2, -0.15) is 0 Å². The number of aromatic nitrogens is 2. The quantitative estimate of drug-likeness (QED) is 0.696. The molecule has 7 nitrogen and oxygen atoms in total. The lowest BCUT2D eigenvalue weighted by molar-refractivity contribution is -0.141. The maximum Gasteiger partial charge on any atom is 0.326 e. The summed E-state index contributed by atoms with van der Waals surface area (Å²) in [6, 6.07) is -0.973. The molecule has 0 aromatic carbocycles. The van der Waals surface area contributed by atoms with E-state index in [4.69, 9.17) is 5.11 Å². The van der Waals surface area contributed by atoms with Crippen molar-refractivity contribution in [3.8, 4) is 0 Å². The van der Waals surface area contributed by atoms with E-state index in [-0.39, 0.29) is 18.7 Å². The van der Waals surface area contributed by atoms with Crippen molar-refractivity contribution in [1.29, 1.82) is 0 Å². The summed E-state index contributed by atoms with van der Waals surface area (Å²) in [5, 5.41) is 18.4. The van der Waals surface area contributed by atoms with Gasteiger partial charge in [0.1, 0.15) is 11.7 Å². The van der Waals surface area contributed by atoms with Crippen molar-refractivity contribution in [2.24, 2.45) is 7.05 Å². The fourth-order valence-electron chi connectivity index (χ4n) is 1.94. The first-order chi connectivity index (χ1) is 7.99. The van der Waals surface area contributed by atoms with Gasteiger partial charge >= 0.3 is 5.97 Å². The number of rotatable bonds is 2. The number of hydrogen-bond donors (Lipinski definition) is 2. The van der Waals surface area contributed by atoms with Gasteiger partial charge in [0.2, 0.25) is 0 Å². The van der Waals surface area contributed by atoms with Gasteiger partial charge in [0.15, 0.2) is 0 Å². The molecule has 2 atom stereocenters. The molecule has 0 aliphatic carbocycles. The van der Waals surface area contributed by atoms with E-state index >= 15 is 0 Å². The van der Waals surface area contributed by atoms with E-state index in [9.17, 15) is 14.7 Å². The molecule has 2 rings (SSSR count). The molecule has 0 spiro atoms. The first-order valence-corrected chi connectivity index (χ1v) is 5.19. The van der Waals surface area contributed by atoms with Crippen LogP contribution in [0.3, 0.4) is 0 Å². The molecule has 2 heterocycles. The van der Waals surface area contributed by atoms with Crippen LogP contribution in [0.5, 0.6) is 0 Å². The van der Waals surface area contributed by atoms with Crippen molar-refractivity contribution < 1.29 is 19.8 Å². The number of hydrogen-bond acceptors (Lipinski definition) is 4. The molecule has 0 saturated carbocycles. The lowest BCUT2D eigenvalue weighted by Gasteiger charge is -2.19. The fourth-order valence-corrected chi connectivity index (χ4v) is 1.94. The van der Waals surface area contributed by atoms with Gasteiger partial charge in [0.05, 0.1) is 12.4 Å². The molecule has 92 valence electrons. The van der Waals surface area contributed by atoms with Gasteiger partial charge < -0.3 is 19.7 Å². The van der Waals surface area contributed by atoms with Crippen LogP contribution in [0.15, 0.2) is 12.5 Å². The number of nitrogens with zero attached hydrogens (tertiary/aromatic N) is 3. The number of aliphatic hydroxyl groups excluding tert-OH is 1. The average molecular weight is 239 g/mol. The Hall–Kier alpha value is -1.89. The molecular weight excluding hydrogens is 226 g/mol. The third-order valence-electron chi connectivity index (χ3n) is 2.75. The standard InChI is InChI=1S/C10H13N3O4/c1-12-4-7(11-5-12)9(15)13-3-6(14)2-8(13)10(16)17/h4-6,8,14H,2-3H2,1H3,(H,16,17). The smallest absolute Gasteiger partial charge is 0.326 e. The SMILES string of the molecule is Cn1cnc(C(=O)N2CC(O)CC2C(=O)O)c1. The number of carboxylic acid groups (broad SMARTS) is 1. The van der Waals surface area contributed by atoms with E-state index in [1.807, 2.05) is 0 Å². The lowest BCUT2D eigenvalue weighted by Crippen LogP contribution is -2.40. The topological polar surface area (TPSA) is 95.7 Å². The van der Waals surface area contributed by atoms with E-state index in [1.54, 1.807) is 11.6 Å². The second-order valence-corrected chi connectivity index (χ2v) is 4.13. The summed E-state index contributed by atoms with van der Waals surface area (Å²) < 4.78 is 1.61. The van der Waals surface area contributed by atoms with Crippen LogP contribution >= 0.6 is 0 Å². The summed E-state index contributed by atoms with van der Waals surface area (Å²) in [6.07, 6.45) is 2.26. The summed E-state index contributed by atoms with van der Waals surface area (Å²) in [7, 11) is 1.72. The predicted octanol–water partition coefficient (Wildman–Crippen LogP) is -0.920. The summed E-state index contributed by atoms with van der Waals surface area (Å²) in [6.45, 7) is 0.0341. The van der Waals surface area contributed by atoms with Crippen LogP contribution in [0.2, 0.25) is 0 Å². The minimum absolute atomic E-state index is 0.0341. The molecular formula is C10H13N3O4. The summed E-state index contributed by atoms with van der Waals surface area (Å²) in [5.41, 5.74) is 0.188. The van der Waals surface area contributed by atoms with Gasteiger partial charge in [0.25, 0.3) is 5.91 Å². The van der Waals surface area contributed by atoms with Gasteiger partial charge in [-0.15, -0.1) is 0 Å². The number of aliphatic hydroxyl groups is 1. The second-order valence-electron chi connectivity index (χ2n) is 4.13.